The highest BCUT2D eigenvalue weighted by atomic mass is 16.2. The molecule has 1 unspecified atom stereocenters. The van der Waals surface area contributed by atoms with Crippen molar-refractivity contribution in [2.24, 2.45) is 0 Å². The lowest BCUT2D eigenvalue weighted by molar-refractivity contribution is -0.117. The summed E-state index contributed by atoms with van der Waals surface area (Å²) >= 11 is 0. The SMILES string of the molecule is CC(=O)Nc1cccc(C(C)NC(=O)/C=C/c2cn(Cc3ccccc3)nc2-c2ccccc2)c1. The molecule has 2 amide bonds. The van der Waals surface area contributed by atoms with Crippen molar-refractivity contribution in [2.75, 3.05) is 5.32 Å². The van der Waals surface area contributed by atoms with E-state index < -0.39 is 0 Å². The van der Waals surface area contributed by atoms with Crippen LogP contribution in [-0.4, -0.2) is 21.6 Å². The molecule has 2 N–H and O–H groups in total. The van der Waals surface area contributed by atoms with Gasteiger partial charge in [0.05, 0.1) is 18.3 Å². The summed E-state index contributed by atoms with van der Waals surface area (Å²) < 4.78 is 1.89. The zero-order valence-electron chi connectivity index (χ0n) is 19.8. The van der Waals surface area contributed by atoms with Gasteiger partial charge in [0.2, 0.25) is 11.8 Å². The van der Waals surface area contributed by atoms with E-state index in [-0.39, 0.29) is 17.9 Å². The number of anilines is 1. The molecule has 0 radical (unpaired) electrons. The van der Waals surface area contributed by atoms with Crippen molar-refractivity contribution in [3.63, 3.8) is 0 Å². The first-order valence-electron chi connectivity index (χ1n) is 11.5. The number of nitrogens with zero attached hydrogens (tertiary/aromatic N) is 2. The largest absolute Gasteiger partial charge is 0.346 e. The number of hydrogen-bond donors (Lipinski definition) is 2. The lowest BCUT2D eigenvalue weighted by Gasteiger charge is -2.14. The van der Waals surface area contributed by atoms with Crippen molar-refractivity contribution >= 4 is 23.6 Å². The Hall–Kier alpha value is -4.45. The van der Waals surface area contributed by atoms with E-state index in [4.69, 9.17) is 5.10 Å². The second kappa shape index (κ2) is 11.1. The molecular formula is C29H28N4O2. The standard InChI is InChI=1S/C29H28N4O2/c1-21(25-14-9-15-27(18-25)31-22(2)34)30-28(35)17-16-26-20-33(19-23-10-5-3-6-11-23)32-29(26)24-12-7-4-8-13-24/h3-18,20-21H,19H2,1-2H3,(H,30,35)(H,31,34)/b17-16+. The average molecular weight is 465 g/mol. The Labute approximate surface area is 205 Å². The summed E-state index contributed by atoms with van der Waals surface area (Å²) in [6.45, 7) is 4.02. The fourth-order valence-electron chi connectivity index (χ4n) is 3.83. The third-order valence-electron chi connectivity index (χ3n) is 5.50. The van der Waals surface area contributed by atoms with Crippen LogP contribution in [0.25, 0.3) is 17.3 Å². The first-order valence-corrected chi connectivity index (χ1v) is 11.5. The van der Waals surface area contributed by atoms with Crippen molar-refractivity contribution in [1.82, 2.24) is 15.1 Å². The molecule has 6 nitrogen and oxygen atoms in total. The third-order valence-corrected chi connectivity index (χ3v) is 5.50. The van der Waals surface area contributed by atoms with E-state index in [0.29, 0.717) is 12.2 Å². The van der Waals surface area contributed by atoms with Gasteiger partial charge in [-0.1, -0.05) is 72.8 Å². The van der Waals surface area contributed by atoms with Crippen LogP contribution < -0.4 is 10.6 Å². The summed E-state index contributed by atoms with van der Waals surface area (Å²) in [5.74, 6) is -0.346. The Kier molecular flexibility index (Phi) is 7.53. The van der Waals surface area contributed by atoms with Crippen molar-refractivity contribution in [3.05, 3.63) is 114 Å². The Morgan fingerprint density at radius 3 is 2.40 bits per heavy atom. The summed E-state index contributed by atoms with van der Waals surface area (Å²) in [6, 6.07) is 27.3. The molecule has 4 aromatic rings. The van der Waals surface area contributed by atoms with Crippen molar-refractivity contribution < 1.29 is 9.59 Å². The zero-order chi connectivity index (χ0) is 24.6. The van der Waals surface area contributed by atoms with Gasteiger partial charge in [-0.3, -0.25) is 14.3 Å². The summed E-state index contributed by atoms with van der Waals surface area (Å²) in [4.78, 5) is 24.0. The average Bonchev–Trinajstić information content (AvgIpc) is 3.26. The highest BCUT2D eigenvalue weighted by Gasteiger charge is 2.12. The van der Waals surface area contributed by atoms with E-state index in [1.165, 1.54) is 13.0 Å². The number of aromatic nitrogens is 2. The van der Waals surface area contributed by atoms with Crippen LogP contribution in [0.3, 0.4) is 0 Å². The Morgan fingerprint density at radius 2 is 1.69 bits per heavy atom. The fourth-order valence-corrected chi connectivity index (χ4v) is 3.83. The van der Waals surface area contributed by atoms with Crippen LogP contribution in [-0.2, 0) is 16.1 Å². The molecule has 0 aliphatic rings. The molecule has 0 bridgehead atoms. The molecule has 1 aromatic heterocycles. The van der Waals surface area contributed by atoms with Crippen molar-refractivity contribution in [1.29, 1.82) is 0 Å². The van der Waals surface area contributed by atoms with E-state index in [9.17, 15) is 9.59 Å². The van der Waals surface area contributed by atoms with Gasteiger partial charge in [-0.25, -0.2) is 0 Å². The molecule has 6 heteroatoms. The van der Waals surface area contributed by atoms with Gasteiger partial charge in [0, 0.05) is 36.0 Å². The molecule has 0 fully saturated rings. The zero-order valence-corrected chi connectivity index (χ0v) is 19.8. The molecule has 0 saturated heterocycles. The van der Waals surface area contributed by atoms with Crippen LogP contribution in [0.4, 0.5) is 5.69 Å². The van der Waals surface area contributed by atoms with Gasteiger partial charge >= 0.3 is 0 Å². The number of nitrogens with one attached hydrogen (secondary N) is 2. The van der Waals surface area contributed by atoms with Crippen LogP contribution in [0.2, 0.25) is 0 Å². The molecule has 0 saturated carbocycles. The molecule has 0 aliphatic heterocycles. The topological polar surface area (TPSA) is 76.0 Å². The van der Waals surface area contributed by atoms with Crippen LogP contribution >= 0.6 is 0 Å². The highest BCUT2D eigenvalue weighted by molar-refractivity contribution is 5.93. The predicted molar refractivity (Wildman–Crippen MR) is 140 cm³/mol. The Morgan fingerprint density at radius 1 is 0.971 bits per heavy atom. The van der Waals surface area contributed by atoms with Gasteiger partial charge < -0.3 is 10.6 Å². The maximum atomic E-state index is 12.7. The lowest BCUT2D eigenvalue weighted by atomic mass is 10.1. The van der Waals surface area contributed by atoms with E-state index in [2.05, 4.69) is 22.8 Å². The number of hydrogen-bond acceptors (Lipinski definition) is 3. The molecule has 0 aliphatic carbocycles. The number of rotatable bonds is 8. The van der Waals surface area contributed by atoms with E-state index in [0.717, 1.165) is 27.9 Å². The van der Waals surface area contributed by atoms with Gasteiger partial charge in [-0.15, -0.1) is 0 Å². The molecule has 35 heavy (non-hydrogen) atoms. The monoisotopic (exact) mass is 464 g/mol. The van der Waals surface area contributed by atoms with Crippen LogP contribution in [0.1, 0.15) is 36.6 Å². The highest BCUT2D eigenvalue weighted by Crippen LogP contribution is 2.24. The second-order valence-corrected chi connectivity index (χ2v) is 8.35. The summed E-state index contributed by atoms with van der Waals surface area (Å²) in [5, 5.41) is 10.5. The number of amides is 2. The number of carbonyl (C=O) groups is 2. The minimum Gasteiger partial charge on any atom is -0.346 e. The quantitative estimate of drug-likeness (QED) is 0.341. The maximum absolute atomic E-state index is 12.7. The van der Waals surface area contributed by atoms with Gasteiger partial charge in [-0.05, 0) is 36.3 Å². The first-order chi connectivity index (χ1) is 17.0. The van der Waals surface area contributed by atoms with Crippen molar-refractivity contribution in [2.45, 2.75) is 26.4 Å². The molecule has 1 heterocycles. The normalized spacial score (nSPS) is 11.8. The molecule has 4 rings (SSSR count). The van der Waals surface area contributed by atoms with Gasteiger partial charge in [0.1, 0.15) is 0 Å². The summed E-state index contributed by atoms with van der Waals surface area (Å²) in [6.07, 6.45) is 5.29. The second-order valence-electron chi connectivity index (χ2n) is 8.35. The number of benzene rings is 3. The minimum absolute atomic E-state index is 0.135. The third kappa shape index (κ3) is 6.54. The first kappa shape index (κ1) is 23.7. The van der Waals surface area contributed by atoms with E-state index in [1.807, 2.05) is 90.6 Å². The smallest absolute Gasteiger partial charge is 0.244 e. The Balaban J connectivity index is 1.51. The van der Waals surface area contributed by atoms with Crippen LogP contribution in [0, 0.1) is 0 Å². The van der Waals surface area contributed by atoms with Crippen LogP contribution in [0.15, 0.2) is 97.2 Å². The summed E-state index contributed by atoms with van der Waals surface area (Å²) in [5.41, 5.74) is 5.42. The van der Waals surface area contributed by atoms with E-state index >= 15 is 0 Å². The van der Waals surface area contributed by atoms with Crippen LogP contribution in [0.5, 0.6) is 0 Å². The maximum Gasteiger partial charge on any atom is 0.244 e. The van der Waals surface area contributed by atoms with Gasteiger partial charge in [0.15, 0.2) is 0 Å². The van der Waals surface area contributed by atoms with Gasteiger partial charge in [0.25, 0.3) is 0 Å². The number of carbonyl (C=O) groups excluding carboxylic acids is 2. The van der Waals surface area contributed by atoms with E-state index in [1.54, 1.807) is 6.08 Å². The molecule has 1 atom stereocenters. The molecular weight excluding hydrogens is 436 g/mol. The molecule has 176 valence electrons. The summed E-state index contributed by atoms with van der Waals surface area (Å²) in [7, 11) is 0. The van der Waals surface area contributed by atoms with Gasteiger partial charge in [-0.2, -0.15) is 5.10 Å². The molecule has 3 aromatic carbocycles. The van der Waals surface area contributed by atoms with Crippen molar-refractivity contribution in [3.8, 4) is 11.3 Å². The fraction of sp³-hybridized carbons (Fsp3) is 0.138. The molecule has 0 spiro atoms. The minimum atomic E-state index is -0.227. The Bertz CT molecular complexity index is 1330. The predicted octanol–water partition coefficient (Wildman–Crippen LogP) is 5.45. The lowest BCUT2D eigenvalue weighted by Crippen LogP contribution is -2.24.